The number of piperidine rings is 1. The molecule has 1 unspecified atom stereocenters. The molecule has 0 spiro atoms. The van der Waals surface area contributed by atoms with Gasteiger partial charge in [-0.15, -0.1) is 11.8 Å². The van der Waals surface area contributed by atoms with Gasteiger partial charge in [-0.05, 0) is 74.7 Å². The van der Waals surface area contributed by atoms with E-state index < -0.39 is 5.97 Å². The summed E-state index contributed by atoms with van der Waals surface area (Å²) in [5.41, 5.74) is 0.752. The van der Waals surface area contributed by atoms with E-state index in [1.54, 1.807) is 11.8 Å². The summed E-state index contributed by atoms with van der Waals surface area (Å²) in [4.78, 5) is 34.4. The third-order valence-corrected chi connectivity index (χ3v) is 8.45. The molecular formula is C26H39N3O3S. The second-order valence-corrected chi connectivity index (χ2v) is 11.2. The van der Waals surface area contributed by atoms with Crippen molar-refractivity contribution < 1.29 is 14.7 Å². The van der Waals surface area contributed by atoms with Crippen LogP contribution in [0.3, 0.4) is 0 Å². The molecule has 1 aromatic heterocycles. The maximum Gasteiger partial charge on any atom is 0.303 e. The van der Waals surface area contributed by atoms with Crippen LogP contribution in [-0.4, -0.2) is 58.3 Å². The van der Waals surface area contributed by atoms with Crippen molar-refractivity contribution in [2.75, 3.05) is 30.3 Å². The molecule has 3 aliphatic rings. The minimum Gasteiger partial charge on any atom is -0.481 e. The van der Waals surface area contributed by atoms with Crippen molar-refractivity contribution in [3.63, 3.8) is 0 Å². The number of carbonyl (C=O) groups excluding carboxylic acids is 1. The smallest absolute Gasteiger partial charge is 0.303 e. The zero-order valence-corrected chi connectivity index (χ0v) is 20.8. The van der Waals surface area contributed by atoms with Gasteiger partial charge in [0.1, 0.15) is 10.8 Å². The monoisotopic (exact) mass is 473 g/mol. The standard InChI is InChI=1S/C26H39N3O3S/c1-2-15-33-25-22(26(32)29(18-19-10-11-19)21-8-4-3-5-9-21)12-13-23(27-25)28-14-6-7-20(17-28)16-24(30)31/h12-13,19-21H,2-11,14-18H2,1H3,(H,30,31). The van der Waals surface area contributed by atoms with Gasteiger partial charge in [0.15, 0.2) is 0 Å². The van der Waals surface area contributed by atoms with Crippen LogP contribution < -0.4 is 4.90 Å². The minimum absolute atomic E-state index is 0.159. The number of nitrogens with zero attached hydrogens (tertiary/aromatic N) is 3. The van der Waals surface area contributed by atoms with Crippen LogP contribution in [0.4, 0.5) is 5.82 Å². The molecule has 1 saturated heterocycles. The third kappa shape index (κ3) is 6.65. The average Bonchev–Trinajstić information content (AvgIpc) is 3.65. The fourth-order valence-electron chi connectivity index (χ4n) is 5.29. The number of pyridine rings is 1. The molecule has 1 aliphatic heterocycles. The highest BCUT2D eigenvalue weighted by Crippen LogP contribution is 2.35. The Morgan fingerprint density at radius 1 is 1.09 bits per heavy atom. The van der Waals surface area contributed by atoms with Crippen molar-refractivity contribution in [3.05, 3.63) is 17.7 Å². The van der Waals surface area contributed by atoms with Crippen molar-refractivity contribution in [3.8, 4) is 0 Å². The summed E-state index contributed by atoms with van der Waals surface area (Å²) in [7, 11) is 0. The van der Waals surface area contributed by atoms with Crippen molar-refractivity contribution in [2.45, 2.75) is 88.6 Å². The van der Waals surface area contributed by atoms with E-state index in [1.807, 2.05) is 12.1 Å². The Labute approximate surface area is 202 Å². The third-order valence-electron chi connectivity index (χ3n) is 7.25. The number of hydrogen-bond acceptors (Lipinski definition) is 5. The first-order valence-corrected chi connectivity index (χ1v) is 13.9. The van der Waals surface area contributed by atoms with E-state index in [-0.39, 0.29) is 18.2 Å². The molecule has 182 valence electrons. The second-order valence-electron chi connectivity index (χ2n) is 10.1. The first kappa shape index (κ1) is 24.4. The summed E-state index contributed by atoms with van der Waals surface area (Å²) in [5.74, 6) is 2.08. The average molecular weight is 474 g/mol. The largest absolute Gasteiger partial charge is 0.481 e. The number of carbonyl (C=O) groups is 2. The highest BCUT2D eigenvalue weighted by Gasteiger charge is 2.33. The van der Waals surface area contributed by atoms with Crippen LogP contribution in [0, 0.1) is 11.8 Å². The number of amides is 1. The second kappa shape index (κ2) is 11.6. The molecule has 2 heterocycles. The van der Waals surface area contributed by atoms with E-state index in [4.69, 9.17) is 4.98 Å². The lowest BCUT2D eigenvalue weighted by Crippen LogP contribution is -2.43. The number of anilines is 1. The Morgan fingerprint density at radius 2 is 1.88 bits per heavy atom. The first-order chi connectivity index (χ1) is 16.0. The number of rotatable bonds is 10. The van der Waals surface area contributed by atoms with Crippen molar-refractivity contribution in [1.29, 1.82) is 0 Å². The molecule has 1 amide bonds. The number of aliphatic carboxylic acids is 1. The van der Waals surface area contributed by atoms with Crippen molar-refractivity contribution in [1.82, 2.24) is 9.88 Å². The van der Waals surface area contributed by atoms with Gasteiger partial charge >= 0.3 is 5.97 Å². The molecule has 2 saturated carbocycles. The lowest BCUT2D eigenvalue weighted by atomic mass is 9.93. The predicted octanol–water partition coefficient (Wildman–Crippen LogP) is 5.46. The van der Waals surface area contributed by atoms with E-state index in [0.29, 0.717) is 12.0 Å². The summed E-state index contributed by atoms with van der Waals surface area (Å²) < 4.78 is 0. The van der Waals surface area contributed by atoms with Gasteiger partial charge in [0.2, 0.25) is 0 Å². The van der Waals surface area contributed by atoms with Gasteiger partial charge in [-0.3, -0.25) is 9.59 Å². The van der Waals surface area contributed by atoms with Crippen LogP contribution in [-0.2, 0) is 4.79 Å². The summed E-state index contributed by atoms with van der Waals surface area (Å²) in [6.07, 6.45) is 11.7. The molecule has 1 N–H and O–H groups in total. The maximum atomic E-state index is 13.8. The number of hydrogen-bond donors (Lipinski definition) is 1. The summed E-state index contributed by atoms with van der Waals surface area (Å²) in [6.45, 7) is 4.66. The Balaban J connectivity index is 1.56. The van der Waals surface area contributed by atoms with Crippen LogP contribution in [0.15, 0.2) is 17.2 Å². The van der Waals surface area contributed by atoms with E-state index >= 15 is 0 Å². The predicted molar refractivity (Wildman–Crippen MR) is 133 cm³/mol. The fraction of sp³-hybridized carbons (Fsp3) is 0.731. The molecule has 2 aliphatic carbocycles. The van der Waals surface area contributed by atoms with Crippen LogP contribution >= 0.6 is 11.8 Å². The SMILES string of the molecule is CCCSc1nc(N2CCCC(CC(=O)O)C2)ccc1C(=O)N(CC1CC1)C1CCCCC1. The first-order valence-electron chi connectivity index (χ1n) is 13.0. The van der Waals surface area contributed by atoms with Gasteiger partial charge in [0.25, 0.3) is 5.91 Å². The molecule has 0 aromatic carbocycles. The molecule has 6 nitrogen and oxygen atoms in total. The van der Waals surface area contributed by atoms with Crippen LogP contribution in [0.2, 0.25) is 0 Å². The normalized spacial score (nSPS) is 21.7. The van der Waals surface area contributed by atoms with E-state index in [2.05, 4.69) is 16.7 Å². The number of carboxylic acids is 1. The number of carboxylic acid groups (broad SMARTS) is 1. The van der Waals surface area contributed by atoms with E-state index in [9.17, 15) is 14.7 Å². The molecule has 4 rings (SSSR count). The molecule has 3 fully saturated rings. The Hall–Kier alpha value is -1.76. The number of aromatic nitrogens is 1. The molecule has 1 aromatic rings. The van der Waals surface area contributed by atoms with Gasteiger partial charge < -0.3 is 14.9 Å². The lowest BCUT2D eigenvalue weighted by Gasteiger charge is -2.35. The van der Waals surface area contributed by atoms with Gasteiger partial charge in [0.05, 0.1) is 5.56 Å². The zero-order valence-electron chi connectivity index (χ0n) is 20.0. The summed E-state index contributed by atoms with van der Waals surface area (Å²) in [6, 6.07) is 4.35. The summed E-state index contributed by atoms with van der Waals surface area (Å²) >= 11 is 1.68. The van der Waals surface area contributed by atoms with Crippen LogP contribution in [0.25, 0.3) is 0 Å². The van der Waals surface area contributed by atoms with E-state index in [1.165, 1.54) is 32.1 Å². The van der Waals surface area contributed by atoms with Crippen LogP contribution in [0.5, 0.6) is 0 Å². The zero-order chi connectivity index (χ0) is 23.2. The highest BCUT2D eigenvalue weighted by atomic mass is 32.2. The van der Waals surface area contributed by atoms with Gasteiger partial charge in [-0.25, -0.2) is 4.98 Å². The lowest BCUT2D eigenvalue weighted by molar-refractivity contribution is -0.138. The maximum absolute atomic E-state index is 13.8. The molecule has 0 bridgehead atoms. The Bertz CT molecular complexity index is 823. The Morgan fingerprint density at radius 3 is 2.58 bits per heavy atom. The van der Waals surface area contributed by atoms with E-state index in [0.717, 1.165) is 73.9 Å². The van der Waals surface area contributed by atoms with Gasteiger partial charge in [0, 0.05) is 32.1 Å². The molecule has 0 radical (unpaired) electrons. The minimum atomic E-state index is -0.728. The fourth-order valence-corrected chi connectivity index (χ4v) is 6.16. The molecule has 33 heavy (non-hydrogen) atoms. The van der Waals surface area contributed by atoms with Crippen molar-refractivity contribution >= 4 is 29.5 Å². The topological polar surface area (TPSA) is 73.7 Å². The Kier molecular flexibility index (Phi) is 8.55. The highest BCUT2D eigenvalue weighted by molar-refractivity contribution is 7.99. The molecule has 1 atom stereocenters. The van der Waals surface area contributed by atoms with Crippen molar-refractivity contribution in [2.24, 2.45) is 11.8 Å². The van der Waals surface area contributed by atoms with Gasteiger partial charge in [-0.1, -0.05) is 26.2 Å². The molecule has 7 heteroatoms. The molecular weight excluding hydrogens is 434 g/mol. The quantitative estimate of drug-likeness (QED) is 0.455. The summed E-state index contributed by atoms with van der Waals surface area (Å²) in [5, 5.41) is 10.1. The van der Waals surface area contributed by atoms with Crippen LogP contribution in [0.1, 0.15) is 87.9 Å². The van der Waals surface area contributed by atoms with Gasteiger partial charge in [-0.2, -0.15) is 0 Å². The number of thioether (sulfide) groups is 1.